The molecule has 0 saturated heterocycles. The van der Waals surface area contributed by atoms with Gasteiger partial charge in [-0.2, -0.15) is 0 Å². The smallest absolute Gasteiger partial charge is 0.408 e. The topological polar surface area (TPSA) is 77.0 Å². The summed E-state index contributed by atoms with van der Waals surface area (Å²) < 4.78 is 9.79. The van der Waals surface area contributed by atoms with Crippen LogP contribution in [0.5, 0.6) is 0 Å². The number of amides is 1. The quantitative estimate of drug-likeness (QED) is 0.325. The molecule has 0 aliphatic carbocycles. The zero-order valence-electron chi connectivity index (χ0n) is 13.0. The summed E-state index contributed by atoms with van der Waals surface area (Å²) in [5.74, 6) is -0.500. The molecular formula is C16H20N2O4S. The number of nitrogens with zero attached hydrogens (tertiary/aromatic N) is 1. The molecule has 0 spiro atoms. The van der Waals surface area contributed by atoms with E-state index in [2.05, 4.69) is 27.7 Å². The van der Waals surface area contributed by atoms with E-state index in [0.29, 0.717) is 19.4 Å². The van der Waals surface area contributed by atoms with Gasteiger partial charge in [-0.15, -0.1) is 0 Å². The highest BCUT2D eigenvalue weighted by atomic mass is 32.1. The second kappa shape index (κ2) is 11.3. The number of rotatable bonds is 9. The highest BCUT2D eigenvalue weighted by Crippen LogP contribution is 2.05. The van der Waals surface area contributed by atoms with Crippen LogP contribution in [0, 0.1) is 0 Å². The molecule has 0 unspecified atom stereocenters. The summed E-state index contributed by atoms with van der Waals surface area (Å²) in [5, 5.41) is 4.81. The lowest BCUT2D eigenvalue weighted by Crippen LogP contribution is -2.41. The van der Waals surface area contributed by atoms with E-state index in [1.807, 2.05) is 30.3 Å². The fourth-order valence-corrected chi connectivity index (χ4v) is 1.97. The minimum Gasteiger partial charge on any atom is -0.467 e. The Morgan fingerprint density at radius 1 is 1.30 bits per heavy atom. The van der Waals surface area contributed by atoms with Gasteiger partial charge in [0.05, 0.1) is 12.3 Å². The number of benzene rings is 1. The number of esters is 1. The molecule has 0 radical (unpaired) electrons. The number of thiocarbonyl (C=S) groups is 1. The number of hydrogen-bond acceptors (Lipinski definition) is 6. The first-order chi connectivity index (χ1) is 11.2. The molecule has 1 rings (SSSR count). The summed E-state index contributed by atoms with van der Waals surface area (Å²) in [7, 11) is 1.28. The molecule has 23 heavy (non-hydrogen) atoms. The highest BCUT2D eigenvalue weighted by molar-refractivity contribution is 7.78. The number of aliphatic imine (C=N–C) groups is 1. The second-order valence-corrected chi connectivity index (χ2v) is 4.93. The van der Waals surface area contributed by atoms with Gasteiger partial charge in [0, 0.05) is 6.54 Å². The summed E-state index contributed by atoms with van der Waals surface area (Å²) in [6.45, 7) is 0.694. The van der Waals surface area contributed by atoms with Gasteiger partial charge in [0.15, 0.2) is 0 Å². The zero-order chi connectivity index (χ0) is 16.9. The van der Waals surface area contributed by atoms with Crippen molar-refractivity contribution in [3.8, 4) is 0 Å². The zero-order valence-corrected chi connectivity index (χ0v) is 13.8. The Kier molecular flexibility index (Phi) is 9.28. The molecule has 0 aliphatic rings. The Morgan fingerprint density at radius 2 is 2.04 bits per heavy atom. The van der Waals surface area contributed by atoms with Gasteiger partial charge in [-0.05, 0) is 37.0 Å². The van der Waals surface area contributed by atoms with E-state index in [1.165, 1.54) is 7.11 Å². The summed E-state index contributed by atoms with van der Waals surface area (Å²) >= 11 is 4.48. The molecular weight excluding hydrogens is 316 g/mol. The van der Waals surface area contributed by atoms with E-state index >= 15 is 0 Å². The Bertz CT molecular complexity index is 544. The van der Waals surface area contributed by atoms with Crippen LogP contribution in [0.15, 0.2) is 35.3 Å². The molecule has 1 aromatic rings. The molecule has 1 aromatic carbocycles. The molecule has 0 bridgehead atoms. The third kappa shape index (κ3) is 8.09. The Labute approximate surface area is 140 Å². The van der Waals surface area contributed by atoms with Gasteiger partial charge < -0.3 is 14.8 Å². The number of isothiocyanates is 1. The maximum atomic E-state index is 11.8. The molecule has 0 heterocycles. The van der Waals surface area contributed by atoms with Gasteiger partial charge in [0.2, 0.25) is 0 Å². The van der Waals surface area contributed by atoms with Crippen molar-refractivity contribution >= 4 is 29.4 Å². The number of carbonyl (C=O) groups is 2. The number of alkyl carbamates (subject to hydrolysis) is 1. The Hall–Kier alpha value is -2.24. The van der Waals surface area contributed by atoms with Crippen LogP contribution in [0.1, 0.15) is 24.8 Å². The van der Waals surface area contributed by atoms with Gasteiger partial charge in [0.25, 0.3) is 0 Å². The summed E-state index contributed by atoms with van der Waals surface area (Å²) in [4.78, 5) is 27.3. The molecule has 0 aromatic heterocycles. The summed E-state index contributed by atoms with van der Waals surface area (Å²) in [6, 6.07) is 8.56. The molecule has 6 nitrogen and oxygen atoms in total. The maximum absolute atomic E-state index is 11.8. The average molecular weight is 336 g/mol. The number of hydrogen-bond donors (Lipinski definition) is 1. The standard InChI is InChI=1S/C16H20N2O4S/c1-21-15(19)14(9-5-6-10-17-12-23)18-16(20)22-11-13-7-3-2-4-8-13/h2-4,7-8,14H,5-6,9-11H2,1H3,(H,18,20)/t14-/m0/s1. The van der Waals surface area contributed by atoms with E-state index in [-0.39, 0.29) is 6.61 Å². The largest absolute Gasteiger partial charge is 0.467 e. The van der Waals surface area contributed by atoms with Crippen molar-refractivity contribution in [2.45, 2.75) is 31.9 Å². The third-order valence-electron chi connectivity index (χ3n) is 3.07. The van der Waals surface area contributed by atoms with E-state index in [9.17, 15) is 9.59 Å². The Morgan fingerprint density at radius 3 is 2.70 bits per heavy atom. The predicted octanol–water partition coefficient (Wildman–Crippen LogP) is 2.73. The normalized spacial score (nSPS) is 11.0. The van der Waals surface area contributed by atoms with Gasteiger partial charge in [-0.25, -0.2) is 14.6 Å². The minimum atomic E-state index is -0.736. The molecule has 124 valence electrons. The fourth-order valence-electron chi connectivity index (χ4n) is 1.88. The van der Waals surface area contributed by atoms with E-state index < -0.39 is 18.1 Å². The predicted molar refractivity (Wildman–Crippen MR) is 89.3 cm³/mol. The van der Waals surface area contributed by atoms with Crippen LogP contribution in [-0.4, -0.2) is 36.9 Å². The first kappa shape index (κ1) is 18.8. The van der Waals surface area contributed by atoms with Crippen LogP contribution in [0.25, 0.3) is 0 Å². The molecule has 1 amide bonds. The van der Waals surface area contributed by atoms with Crippen LogP contribution in [0.2, 0.25) is 0 Å². The van der Waals surface area contributed by atoms with Crippen molar-refractivity contribution in [2.75, 3.05) is 13.7 Å². The van der Waals surface area contributed by atoms with E-state index in [0.717, 1.165) is 12.0 Å². The monoisotopic (exact) mass is 336 g/mol. The third-order valence-corrected chi connectivity index (χ3v) is 3.20. The van der Waals surface area contributed by atoms with Crippen LogP contribution in [-0.2, 0) is 20.9 Å². The lowest BCUT2D eigenvalue weighted by Gasteiger charge is -2.16. The van der Waals surface area contributed by atoms with Crippen molar-refractivity contribution in [3.05, 3.63) is 35.9 Å². The van der Waals surface area contributed by atoms with Gasteiger partial charge in [-0.3, -0.25) is 0 Å². The second-order valence-electron chi connectivity index (χ2n) is 4.75. The first-order valence-electron chi connectivity index (χ1n) is 7.26. The van der Waals surface area contributed by atoms with E-state index in [1.54, 1.807) is 0 Å². The van der Waals surface area contributed by atoms with Crippen molar-refractivity contribution in [2.24, 2.45) is 4.99 Å². The lowest BCUT2D eigenvalue weighted by atomic mass is 10.1. The number of carbonyl (C=O) groups excluding carboxylic acids is 2. The molecule has 7 heteroatoms. The van der Waals surface area contributed by atoms with Crippen LogP contribution >= 0.6 is 12.2 Å². The van der Waals surface area contributed by atoms with Gasteiger partial charge in [-0.1, -0.05) is 30.3 Å². The van der Waals surface area contributed by atoms with Gasteiger partial charge >= 0.3 is 12.1 Å². The number of methoxy groups -OCH3 is 1. The van der Waals surface area contributed by atoms with Crippen LogP contribution in [0.4, 0.5) is 4.79 Å². The fraction of sp³-hybridized carbons (Fsp3) is 0.438. The summed E-state index contributed by atoms with van der Waals surface area (Å²) in [6.07, 6.45) is 1.23. The van der Waals surface area contributed by atoms with Crippen LogP contribution < -0.4 is 5.32 Å². The SMILES string of the molecule is COC(=O)[C@H](CCCCN=C=S)NC(=O)OCc1ccccc1. The first-order valence-corrected chi connectivity index (χ1v) is 7.67. The molecule has 0 saturated carbocycles. The van der Waals surface area contributed by atoms with Crippen molar-refractivity contribution in [1.82, 2.24) is 5.32 Å². The molecule has 1 atom stereocenters. The maximum Gasteiger partial charge on any atom is 0.408 e. The van der Waals surface area contributed by atoms with Gasteiger partial charge in [0.1, 0.15) is 12.6 Å². The average Bonchev–Trinajstić information content (AvgIpc) is 2.59. The number of ether oxygens (including phenoxy) is 2. The van der Waals surface area contributed by atoms with Crippen LogP contribution in [0.3, 0.4) is 0 Å². The molecule has 0 fully saturated rings. The lowest BCUT2D eigenvalue weighted by molar-refractivity contribution is -0.143. The minimum absolute atomic E-state index is 0.143. The molecule has 0 aliphatic heterocycles. The number of nitrogens with one attached hydrogen (secondary N) is 1. The highest BCUT2D eigenvalue weighted by Gasteiger charge is 2.21. The van der Waals surface area contributed by atoms with E-state index in [4.69, 9.17) is 9.47 Å². The van der Waals surface area contributed by atoms with Crippen molar-refractivity contribution in [3.63, 3.8) is 0 Å². The number of unbranched alkanes of at least 4 members (excludes halogenated alkanes) is 1. The molecule has 1 N–H and O–H groups in total. The van der Waals surface area contributed by atoms with Crippen molar-refractivity contribution < 1.29 is 19.1 Å². The van der Waals surface area contributed by atoms with Crippen molar-refractivity contribution in [1.29, 1.82) is 0 Å². The summed E-state index contributed by atoms with van der Waals surface area (Å²) in [5.41, 5.74) is 0.871. The Balaban J connectivity index is 2.40.